The van der Waals surface area contributed by atoms with Crippen LogP contribution in [0.5, 0.6) is 23.0 Å². The first-order chi connectivity index (χ1) is 31.3. The van der Waals surface area contributed by atoms with E-state index in [1.807, 2.05) is 24.3 Å². The van der Waals surface area contributed by atoms with Crippen molar-refractivity contribution in [2.24, 2.45) is 0 Å². The predicted molar refractivity (Wildman–Crippen MR) is 246 cm³/mol. The highest BCUT2D eigenvalue weighted by Gasteiger charge is 2.22. The number of benzene rings is 4. The van der Waals surface area contributed by atoms with E-state index in [0.717, 1.165) is 30.6 Å². The number of para-hydroxylation sites is 2. The third kappa shape index (κ3) is 13.1. The molecule has 0 saturated carbocycles. The van der Waals surface area contributed by atoms with Gasteiger partial charge in [-0.25, -0.2) is 0 Å². The number of ether oxygens (including phenoxy) is 10. The molecule has 2 aromatic heterocycles. The van der Waals surface area contributed by atoms with Crippen LogP contribution in [-0.2, 0) is 41.5 Å². The van der Waals surface area contributed by atoms with Crippen molar-refractivity contribution in [3.8, 4) is 23.0 Å². The molecule has 63 heavy (non-hydrogen) atoms. The number of aryl methyl sites for hydroxylation is 2. The zero-order valence-corrected chi connectivity index (χ0v) is 37.3. The second-order valence-electron chi connectivity index (χ2n) is 14.6. The fourth-order valence-electron chi connectivity index (χ4n) is 7.18. The van der Waals surface area contributed by atoms with Crippen LogP contribution in [-0.4, -0.2) is 106 Å². The van der Waals surface area contributed by atoms with E-state index in [0.29, 0.717) is 129 Å². The fraction of sp³-hybridized carbons (Fsp3) is 0.388. The van der Waals surface area contributed by atoms with E-state index in [1.165, 1.54) is 30.4 Å². The predicted octanol–water partition coefficient (Wildman–Crippen LogP) is 7.76. The van der Waals surface area contributed by atoms with Gasteiger partial charge in [-0.3, -0.25) is 0 Å². The Bertz CT molecular complexity index is 2250. The molecule has 12 nitrogen and oxygen atoms in total. The van der Waals surface area contributed by atoms with Crippen LogP contribution in [0.15, 0.2) is 84.9 Å². The molecule has 4 aromatic carbocycles. The van der Waals surface area contributed by atoms with E-state index in [2.05, 4.69) is 94.1 Å². The van der Waals surface area contributed by atoms with Gasteiger partial charge in [0.2, 0.25) is 11.0 Å². The van der Waals surface area contributed by atoms with Crippen molar-refractivity contribution in [2.75, 3.05) is 106 Å². The van der Waals surface area contributed by atoms with Gasteiger partial charge in [0.1, 0.15) is 35.8 Å². The van der Waals surface area contributed by atoms with Crippen molar-refractivity contribution in [1.82, 2.24) is 0 Å². The standard InChI is InChI=1S/C49H56N2O10S2/c1-3-8-46-40(6-1)50(48(62-46)16-12-38-10-14-42-44(36-38)60-34-30-56-26-22-52-20-24-54-28-32-58-42)18-5-19-51-41-7-2-4-9-47(41)63-49(51)17-13-39-11-15-43-45(37-39)61-35-31-57-27-23-53-21-25-55-29-33-59-43/h1-4,6-17,36-37H,5,18-35H2/q+2/b16-12+,17-13+. The number of fused-ring (bicyclic) bond motifs is 4. The maximum absolute atomic E-state index is 6.16. The first-order valence-electron chi connectivity index (χ1n) is 21.7. The molecule has 0 atom stereocenters. The van der Waals surface area contributed by atoms with Crippen LogP contribution in [0.1, 0.15) is 27.6 Å². The van der Waals surface area contributed by atoms with Gasteiger partial charge in [-0.15, -0.1) is 0 Å². The van der Waals surface area contributed by atoms with Crippen LogP contribution < -0.4 is 28.1 Å². The summed E-state index contributed by atoms with van der Waals surface area (Å²) in [6, 6.07) is 29.4. The lowest BCUT2D eigenvalue weighted by molar-refractivity contribution is -0.699. The van der Waals surface area contributed by atoms with Gasteiger partial charge in [-0.2, -0.15) is 9.13 Å². The number of aromatic nitrogens is 2. The molecule has 332 valence electrons. The van der Waals surface area contributed by atoms with E-state index in [-0.39, 0.29) is 0 Å². The summed E-state index contributed by atoms with van der Waals surface area (Å²) in [7, 11) is 0. The fourth-order valence-corrected chi connectivity index (χ4v) is 9.37. The highest BCUT2D eigenvalue weighted by molar-refractivity contribution is 7.19. The van der Waals surface area contributed by atoms with Crippen LogP contribution in [0.3, 0.4) is 0 Å². The minimum atomic E-state index is 0.410. The van der Waals surface area contributed by atoms with Crippen molar-refractivity contribution in [3.63, 3.8) is 0 Å². The average Bonchev–Trinajstić information content (AvgIpc) is 3.85. The Morgan fingerprint density at radius 1 is 0.381 bits per heavy atom. The molecule has 4 heterocycles. The van der Waals surface area contributed by atoms with Gasteiger partial charge >= 0.3 is 0 Å². The molecule has 0 aliphatic carbocycles. The highest BCUT2D eigenvalue weighted by atomic mass is 32.1. The zero-order chi connectivity index (χ0) is 42.7. The first kappa shape index (κ1) is 44.7. The van der Waals surface area contributed by atoms with E-state index in [1.54, 1.807) is 22.7 Å². The lowest BCUT2D eigenvalue weighted by atomic mass is 10.2. The zero-order valence-electron chi connectivity index (χ0n) is 35.6. The van der Waals surface area contributed by atoms with Gasteiger partial charge in [0.05, 0.1) is 85.7 Å². The first-order valence-corrected chi connectivity index (χ1v) is 23.4. The topological polar surface area (TPSA) is 100 Å². The molecular weight excluding hydrogens is 841 g/mol. The van der Waals surface area contributed by atoms with Gasteiger partial charge in [0.15, 0.2) is 36.1 Å². The van der Waals surface area contributed by atoms with Crippen molar-refractivity contribution in [2.45, 2.75) is 19.5 Å². The summed E-state index contributed by atoms with van der Waals surface area (Å²) >= 11 is 3.59. The van der Waals surface area contributed by atoms with Crippen molar-refractivity contribution in [3.05, 3.63) is 106 Å². The molecule has 2 aliphatic heterocycles. The summed E-state index contributed by atoms with van der Waals surface area (Å²) in [6.45, 7) is 9.42. The van der Waals surface area contributed by atoms with Gasteiger partial charge in [-0.05, 0) is 59.7 Å². The van der Waals surface area contributed by atoms with Crippen molar-refractivity contribution >= 4 is 67.4 Å². The number of hydrogen-bond donors (Lipinski definition) is 0. The Labute approximate surface area is 376 Å². The summed E-state index contributed by atoms with van der Waals surface area (Å²) < 4.78 is 65.6. The molecule has 0 saturated heterocycles. The number of hydrogen-bond acceptors (Lipinski definition) is 12. The third-order valence-electron chi connectivity index (χ3n) is 10.2. The Morgan fingerprint density at radius 3 is 1.13 bits per heavy atom. The van der Waals surface area contributed by atoms with Crippen LogP contribution in [0.2, 0.25) is 0 Å². The summed E-state index contributed by atoms with van der Waals surface area (Å²) in [5, 5.41) is 2.35. The number of thiazole rings is 2. The van der Waals surface area contributed by atoms with Crippen LogP contribution in [0.4, 0.5) is 0 Å². The summed E-state index contributed by atoms with van der Waals surface area (Å²) in [5.41, 5.74) is 4.48. The summed E-state index contributed by atoms with van der Waals surface area (Å²) in [4.78, 5) is 0. The molecule has 8 rings (SSSR count). The molecule has 0 unspecified atom stereocenters. The van der Waals surface area contributed by atoms with Gasteiger partial charge in [0, 0.05) is 24.3 Å². The lowest BCUT2D eigenvalue weighted by Gasteiger charge is -2.13. The third-order valence-corrected chi connectivity index (χ3v) is 12.5. The van der Waals surface area contributed by atoms with Crippen LogP contribution in [0, 0.1) is 0 Å². The smallest absolute Gasteiger partial charge is 0.262 e. The molecule has 0 N–H and O–H groups in total. The van der Waals surface area contributed by atoms with E-state index < -0.39 is 0 Å². The van der Waals surface area contributed by atoms with E-state index in [9.17, 15) is 0 Å². The van der Waals surface area contributed by atoms with Gasteiger partial charge < -0.3 is 47.4 Å². The number of nitrogens with zero attached hydrogens (tertiary/aromatic N) is 2. The summed E-state index contributed by atoms with van der Waals surface area (Å²) in [5.74, 6) is 2.73. The van der Waals surface area contributed by atoms with Crippen LogP contribution >= 0.6 is 22.7 Å². The Balaban J connectivity index is 0.975. The maximum atomic E-state index is 6.16. The Kier molecular flexibility index (Phi) is 17.2. The number of rotatable bonds is 8. The van der Waals surface area contributed by atoms with Gasteiger partial charge in [-0.1, -0.05) is 59.1 Å². The monoisotopic (exact) mass is 896 g/mol. The quantitative estimate of drug-likeness (QED) is 0.141. The lowest BCUT2D eigenvalue weighted by Crippen LogP contribution is -2.40. The molecule has 6 aromatic rings. The second kappa shape index (κ2) is 24.2. The van der Waals surface area contributed by atoms with Gasteiger partial charge in [0.25, 0.3) is 10.0 Å². The Hall–Kier alpha value is -4.90. The molecule has 0 amide bonds. The van der Waals surface area contributed by atoms with E-state index in [4.69, 9.17) is 47.4 Å². The molecule has 0 fully saturated rings. The molecule has 0 radical (unpaired) electrons. The molecule has 0 bridgehead atoms. The van der Waals surface area contributed by atoms with E-state index >= 15 is 0 Å². The molecule has 14 heteroatoms. The molecular formula is C49H56N2O10S2+2. The maximum Gasteiger partial charge on any atom is 0.262 e. The van der Waals surface area contributed by atoms with Crippen molar-refractivity contribution in [1.29, 1.82) is 0 Å². The molecule has 2 aliphatic rings. The molecule has 0 spiro atoms. The minimum Gasteiger partial charge on any atom is -0.487 e. The highest BCUT2D eigenvalue weighted by Crippen LogP contribution is 2.32. The summed E-state index contributed by atoms with van der Waals surface area (Å²) in [6.07, 6.45) is 9.65. The normalized spacial score (nSPS) is 17.0. The SMILES string of the molecule is C(=C\c1sc2ccccc2[n+]1CCC[n+]1c(/C=C/c2ccc3c(c2)OCCOCCOCCOCCO3)sc2ccccc21)/c1ccc2c(c1)OCCOCCOCCOCCO2. The van der Waals surface area contributed by atoms with Crippen molar-refractivity contribution < 1.29 is 56.5 Å². The second-order valence-corrected chi connectivity index (χ2v) is 16.7. The van der Waals surface area contributed by atoms with Crippen LogP contribution in [0.25, 0.3) is 44.7 Å². The largest absolute Gasteiger partial charge is 0.487 e. The average molecular weight is 897 g/mol. The Morgan fingerprint density at radius 2 is 0.730 bits per heavy atom. The minimum absolute atomic E-state index is 0.410.